The molecule has 0 fully saturated rings. The first-order valence-corrected chi connectivity index (χ1v) is 8.04. The molecule has 25 heavy (non-hydrogen) atoms. The summed E-state index contributed by atoms with van der Waals surface area (Å²) in [4.78, 5) is 0. The Morgan fingerprint density at radius 1 is 1.08 bits per heavy atom. The van der Waals surface area contributed by atoms with Gasteiger partial charge in [0, 0.05) is 0 Å². The number of nitrogens with one attached hydrogen (secondary N) is 1. The van der Waals surface area contributed by atoms with Crippen LogP contribution in [0.3, 0.4) is 0 Å². The van der Waals surface area contributed by atoms with Crippen LogP contribution in [-0.2, 0) is 6.18 Å². The Kier molecular flexibility index (Phi) is 6.44. The van der Waals surface area contributed by atoms with Crippen molar-refractivity contribution in [1.29, 1.82) is 0 Å². The first kappa shape index (κ1) is 18.8. The predicted molar refractivity (Wildman–Crippen MR) is 94.1 cm³/mol. The summed E-state index contributed by atoms with van der Waals surface area (Å²) in [6.45, 7) is 4.92. The van der Waals surface area contributed by atoms with E-state index in [0.29, 0.717) is 12.5 Å². The highest BCUT2D eigenvalue weighted by atomic mass is 19.4. The van der Waals surface area contributed by atoms with Gasteiger partial charge in [-0.1, -0.05) is 26.0 Å². The van der Waals surface area contributed by atoms with Crippen LogP contribution >= 0.6 is 0 Å². The summed E-state index contributed by atoms with van der Waals surface area (Å²) in [5.41, 5.74) is 2.37. The summed E-state index contributed by atoms with van der Waals surface area (Å²) in [6, 6.07) is 12.4. The number of hydrazone groups is 1. The highest BCUT2D eigenvalue weighted by molar-refractivity contribution is 5.80. The Balaban J connectivity index is 1.95. The molecule has 0 atom stereocenters. The van der Waals surface area contributed by atoms with Gasteiger partial charge in [-0.25, -0.2) is 0 Å². The highest BCUT2D eigenvalue weighted by Gasteiger charge is 2.33. The average Bonchev–Trinajstić information content (AvgIpc) is 2.55. The van der Waals surface area contributed by atoms with Crippen molar-refractivity contribution >= 4 is 11.9 Å². The Morgan fingerprint density at radius 2 is 1.76 bits per heavy atom. The summed E-state index contributed by atoms with van der Waals surface area (Å²) in [6.07, 6.45) is -1.98. The van der Waals surface area contributed by atoms with Crippen LogP contribution in [0, 0.1) is 5.92 Å². The van der Waals surface area contributed by atoms with Gasteiger partial charge in [0.15, 0.2) is 0 Å². The zero-order chi connectivity index (χ0) is 18.3. The number of benzene rings is 2. The molecule has 0 aliphatic carbocycles. The van der Waals surface area contributed by atoms with Crippen molar-refractivity contribution in [2.75, 3.05) is 12.0 Å². The van der Waals surface area contributed by atoms with Crippen LogP contribution in [0.4, 0.5) is 18.9 Å². The lowest BCUT2D eigenvalue weighted by Gasteiger charge is -2.11. The molecule has 0 heterocycles. The van der Waals surface area contributed by atoms with E-state index < -0.39 is 11.7 Å². The molecule has 1 N–H and O–H groups in total. The zero-order valence-electron chi connectivity index (χ0n) is 14.2. The zero-order valence-corrected chi connectivity index (χ0v) is 14.2. The molecule has 0 unspecified atom stereocenters. The first-order chi connectivity index (χ1) is 11.9. The Morgan fingerprint density at radius 3 is 2.40 bits per heavy atom. The van der Waals surface area contributed by atoms with E-state index in [9.17, 15) is 13.2 Å². The molecule has 0 radical (unpaired) electrons. The van der Waals surface area contributed by atoms with Crippen molar-refractivity contribution in [2.45, 2.75) is 26.4 Å². The van der Waals surface area contributed by atoms with Gasteiger partial charge < -0.3 is 4.74 Å². The van der Waals surface area contributed by atoms with E-state index in [1.54, 1.807) is 12.1 Å². The molecular formula is C19H21F3N2O. The standard InChI is InChI=1S/C19H21F3N2O/c1-14(2)11-12-25-16-9-7-15(8-10-16)13-23-24-18-6-4-3-5-17(18)19(20,21)22/h3-10,13-14,24H,11-12H2,1-2H3. The highest BCUT2D eigenvalue weighted by Crippen LogP contribution is 2.34. The molecule has 0 aromatic heterocycles. The number of halogens is 3. The van der Waals surface area contributed by atoms with Gasteiger partial charge in [0.1, 0.15) is 5.75 Å². The number of alkyl halides is 3. The fraction of sp³-hybridized carbons (Fsp3) is 0.316. The molecule has 0 amide bonds. The molecule has 0 saturated heterocycles. The van der Waals surface area contributed by atoms with Gasteiger partial charge >= 0.3 is 6.18 Å². The van der Waals surface area contributed by atoms with E-state index in [2.05, 4.69) is 24.4 Å². The maximum Gasteiger partial charge on any atom is 0.418 e. The fourth-order valence-electron chi connectivity index (χ4n) is 2.07. The van der Waals surface area contributed by atoms with E-state index in [0.717, 1.165) is 23.8 Å². The lowest BCUT2D eigenvalue weighted by molar-refractivity contribution is -0.136. The van der Waals surface area contributed by atoms with Crippen molar-refractivity contribution < 1.29 is 17.9 Å². The molecule has 0 saturated carbocycles. The number of para-hydroxylation sites is 1. The van der Waals surface area contributed by atoms with Crippen molar-refractivity contribution in [2.24, 2.45) is 11.0 Å². The normalized spacial score (nSPS) is 11.9. The number of hydrogen-bond acceptors (Lipinski definition) is 3. The Hall–Kier alpha value is -2.50. The van der Waals surface area contributed by atoms with Crippen molar-refractivity contribution in [3.63, 3.8) is 0 Å². The van der Waals surface area contributed by atoms with Crippen LogP contribution in [0.1, 0.15) is 31.4 Å². The Labute approximate surface area is 145 Å². The third-order valence-corrected chi connectivity index (χ3v) is 3.48. The van der Waals surface area contributed by atoms with Gasteiger partial charge in [0.25, 0.3) is 0 Å². The topological polar surface area (TPSA) is 33.6 Å². The number of ether oxygens (including phenoxy) is 1. The third-order valence-electron chi connectivity index (χ3n) is 3.48. The molecular weight excluding hydrogens is 329 g/mol. The van der Waals surface area contributed by atoms with Crippen LogP contribution in [0.2, 0.25) is 0 Å². The molecule has 3 nitrogen and oxygen atoms in total. The average molecular weight is 350 g/mol. The van der Waals surface area contributed by atoms with E-state index in [1.165, 1.54) is 24.4 Å². The lowest BCUT2D eigenvalue weighted by Crippen LogP contribution is -2.08. The van der Waals surface area contributed by atoms with E-state index in [4.69, 9.17) is 4.74 Å². The molecule has 0 aliphatic rings. The fourth-order valence-corrected chi connectivity index (χ4v) is 2.07. The molecule has 134 valence electrons. The maximum atomic E-state index is 12.9. The third kappa shape index (κ3) is 6.14. The van der Waals surface area contributed by atoms with Crippen LogP contribution in [-0.4, -0.2) is 12.8 Å². The smallest absolute Gasteiger partial charge is 0.418 e. The van der Waals surface area contributed by atoms with Crippen molar-refractivity contribution in [1.82, 2.24) is 0 Å². The second kappa shape index (κ2) is 8.55. The minimum atomic E-state index is -4.42. The molecule has 6 heteroatoms. The lowest BCUT2D eigenvalue weighted by atomic mass is 10.1. The van der Waals surface area contributed by atoms with Gasteiger partial charge in [0.2, 0.25) is 0 Å². The van der Waals surface area contributed by atoms with Gasteiger partial charge in [-0.2, -0.15) is 18.3 Å². The summed E-state index contributed by atoms with van der Waals surface area (Å²) in [5, 5.41) is 3.89. The SMILES string of the molecule is CC(C)CCOc1ccc(C=NNc2ccccc2C(F)(F)F)cc1. The minimum Gasteiger partial charge on any atom is -0.494 e. The molecule has 0 aliphatic heterocycles. The minimum absolute atomic E-state index is 0.0834. The number of anilines is 1. The van der Waals surface area contributed by atoms with Crippen molar-refractivity contribution in [3.05, 3.63) is 59.7 Å². The maximum absolute atomic E-state index is 12.9. The quantitative estimate of drug-likeness (QED) is 0.523. The van der Waals surface area contributed by atoms with Gasteiger partial charge in [0.05, 0.1) is 24.1 Å². The largest absolute Gasteiger partial charge is 0.494 e. The Bertz CT molecular complexity index is 695. The summed E-state index contributed by atoms with van der Waals surface area (Å²) >= 11 is 0. The molecule has 0 spiro atoms. The van der Waals surface area contributed by atoms with Gasteiger partial charge in [-0.15, -0.1) is 0 Å². The summed E-state index contributed by atoms with van der Waals surface area (Å²) in [5.74, 6) is 1.34. The van der Waals surface area contributed by atoms with E-state index in [1.807, 2.05) is 12.1 Å². The molecule has 0 bridgehead atoms. The number of hydrogen-bond donors (Lipinski definition) is 1. The van der Waals surface area contributed by atoms with Crippen LogP contribution in [0.5, 0.6) is 5.75 Å². The van der Waals surface area contributed by atoms with E-state index >= 15 is 0 Å². The second-order valence-electron chi connectivity index (χ2n) is 6.01. The molecule has 2 aromatic rings. The number of rotatable bonds is 7. The van der Waals surface area contributed by atoms with Crippen LogP contribution in [0.25, 0.3) is 0 Å². The summed E-state index contributed by atoms with van der Waals surface area (Å²) < 4.78 is 44.3. The van der Waals surface area contributed by atoms with Gasteiger partial charge in [-0.05, 0) is 54.3 Å². The van der Waals surface area contributed by atoms with E-state index in [-0.39, 0.29) is 5.69 Å². The predicted octanol–water partition coefficient (Wildman–Crippen LogP) is 5.58. The second-order valence-corrected chi connectivity index (χ2v) is 6.01. The molecule has 2 rings (SSSR count). The number of nitrogens with zero attached hydrogens (tertiary/aromatic N) is 1. The summed E-state index contributed by atoms with van der Waals surface area (Å²) in [7, 11) is 0. The van der Waals surface area contributed by atoms with Crippen LogP contribution < -0.4 is 10.2 Å². The first-order valence-electron chi connectivity index (χ1n) is 8.04. The molecule has 2 aromatic carbocycles. The van der Waals surface area contributed by atoms with Gasteiger partial charge in [-0.3, -0.25) is 5.43 Å². The van der Waals surface area contributed by atoms with Crippen LogP contribution in [0.15, 0.2) is 53.6 Å². The van der Waals surface area contributed by atoms with Crippen molar-refractivity contribution in [3.8, 4) is 5.75 Å². The monoisotopic (exact) mass is 350 g/mol.